The van der Waals surface area contributed by atoms with Gasteiger partial charge < -0.3 is 5.32 Å². The molecule has 1 aromatic rings. The summed E-state index contributed by atoms with van der Waals surface area (Å²) in [6.07, 6.45) is 1.59. The molecule has 0 aliphatic heterocycles. The van der Waals surface area contributed by atoms with Crippen molar-refractivity contribution in [3.63, 3.8) is 0 Å². The zero-order chi connectivity index (χ0) is 16.0. The van der Waals surface area contributed by atoms with Gasteiger partial charge in [-0.15, -0.1) is 0 Å². The number of halogens is 1. The minimum Gasteiger partial charge on any atom is -0.313 e. The SMILES string of the molecule is CCNCc1cc(S(=O)(=O)N(C)C(CC)CC)ccc1Cl. The molecule has 1 rings (SSSR count). The Kier molecular flexibility index (Phi) is 7.13. The lowest BCUT2D eigenvalue weighted by Crippen LogP contribution is -2.36. The van der Waals surface area contributed by atoms with Crippen LogP contribution in [-0.4, -0.2) is 32.4 Å². The first kappa shape index (κ1) is 18.4. The molecule has 1 N–H and O–H groups in total. The standard InChI is InChI=1S/C15H25ClN2O2S/c1-5-13(6-2)18(4)21(19,20)14-8-9-15(16)12(10-14)11-17-7-3/h8-10,13,17H,5-7,11H2,1-4H3. The van der Waals surface area contributed by atoms with E-state index < -0.39 is 10.0 Å². The number of sulfonamides is 1. The Labute approximate surface area is 133 Å². The summed E-state index contributed by atoms with van der Waals surface area (Å²) in [5.41, 5.74) is 0.803. The Balaban J connectivity index is 3.13. The smallest absolute Gasteiger partial charge is 0.243 e. The fourth-order valence-corrected chi connectivity index (χ4v) is 4.01. The number of benzene rings is 1. The molecule has 0 atom stereocenters. The molecule has 0 bridgehead atoms. The van der Waals surface area contributed by atoms with E-state index in [4.69, 9.17) is 11.6 Å². The van der Waals surface area contributed by atoms with Crippen LogP contribution in [0.15, 0.2) is 23.1 Å². The first-order valence-corrected chi connectivity index (χ1v) is 9.17. The fourth-order valence-electron chi connectivity index (χ4n) is 2.27. The van der Waals surface area contributed by atoms with Crippen molar-refractivity contribution in [1.82, 2.24) is 9.62 Å². The van der Waals surface area contributed by atoms with Crippen LogP contribution in [0.3, 0.4) is 0 Å². The molecule has 6 heteroatoms. The maximum Gasteiger partial charge on any atom is 0.243 e. The Morgan fingerprint density at radius 3 is 2.38 bits per heavy atom. The van der Waals surface area contributed by atoms with Crippen LogP contribution in [-0.2, 0) is 16.6 Å². The fraction of sp³-hybridized carbons (Fsp3) is 0.600. The van der Waals surface area contributed by atoms with Crippen molar-refractivity contribution in [3.8, 4) is 0 Å². The van der Waals surface area contributed by atoms with E-state index in [1.807, 2.05) is 20.8 Å². The third kappa shape index (κ3) is 4.42. The lowest BCUT2D eigenvalue weighted by molar-refractivity contribution is 0.349. The summed E-state index contributed by atoms with van der Waals surface area (Å²) in [5.74, 6) is 0. The number of rotatable bonds is 8. The predicted molar refractivity (Wildman–Crippen MR) is 88.2 cm³/mol. The molecule has 0 amide bonds. The van der Waals surface area contributed by atoms with Crippen molar-refractivity contribution in [2.45, 2.75) is 51.1 Å². The molecule has 0 unspecified atom stereocenters. The number of nitrogens with one attached hydrogen (secondary N) is 1. The van der Waals surface area contributed by atoms with E-state index >= 15 is 0 Å². The van der Waals surface area contributed by atoms with E-state index in [1.54, 1.807) is 25.2 Å². The number of hydrogen-bond donors (Lipinski definition) is 1. The van der Waals surface area contributed by atoms with E-state index in [1.165, 1.54) is 4.31 Å². The van der Waals surface area contributed by atoms with Gasteiger partial charge in [-0.2, -0.15) is 4.31 Å². The predicted octanol–water partition coefficient (Wildman–Crippen LogP) is 3.26. The highest BCUT2D eigenvalue weighted by Gasteiger charge is 2.26. The van der Waals surface area contributed by atoms with Crippen LogP contribution in [0.5, 0.6) is 0 Å². The molecule has 0 fully saturated rings. The maximum absolute atomic E-state index is 12.7. The second-order valence-electron chi connectivity index (χ2n) is 5.03. The minimum atomic E-state index is -3.48. The maximum atomic E-state index is 12.7. The van der Waals surface area contributed by atoms with E-state index in [0.717, 1.165) is 24.9 Å². The van der Waals surface area contributed by atoms with Crippen LogP contribution in [0.4, 0.5) is 0 Å². The largest absolute Gasteiger partial charge is 0.313 e. The van der Waals surface area contributed by atoms with E-state index in [0.29, 0.717) is 16.5 Å². The highest BCUT2D eigenvalue weighted by atomic mass is 35.5. The van der Waals surface area contributed by atoms with E-state index in [9.17, 15) is 8.42 Å². The van der Waals surface area contributed by atoms with Crippen LogP contribution in [0.1, 0.15) is 39.2 Å². The molecule has 0 aliphatic carbocycles. The molecule has 0 heterocycles. The van der Waals surface area contributed by atoms with Gasteiger partial charge >= 0.3 is 0 Å². The van der Waals surface area contributed by atoms with Gasteiger partial charge in [-0.25, -0.2) is 8.42 Å². The summed E-state index contributed by atoms with van der Waals surface area (Å²) >= 11 is 6.13. The zero-order valence-electron chi connectivity index (χ0n) is 13.2. The second-order valence-corrected chi connectivity index (χ2v) is 7.43. The summed E-state index contributed by atoms with van der Waals surface area (Å²) in [6.45, 7) is 7.36. The third-order valence-corrected chi connectivity index (χ3v) is 5.99. The molecule has 4 nitrogen and oxygen atoms in total. The Bertz CT molecular complexity index is 557. The molecule has 1 aromatic carbocycles. The summed E-state index contributed by atoms with van der Waals surface area (Å²) in [6, 6.07) is 4.91. The molecular weight excluding hydrogens is 308 g/mol. The van der Waals surface area contributed by atoms with E-state index in [2.05, 4.69) is 5.32 Å². The van der Waals surface area contributed by atoms with Crippen molar-refractivity contribution in [1.29, 1.82) is 0 Å². The molecule has 0 saturated carbocycles. The van der Waals surface area contributed by atoms with Gasteiger partial charge in [-0.05, 0) is 43.1 Å². The lowest BCUT2D eigenvalue weighted by Gasteiger charge is -2.25. The zero-order valence-corrected chi connectivity index (χ0v) is 14.8. The number of nitrogens with zero attached hydrogens (tertiary/aromatic N) is 1. The molecule has 0 radical (unpaired) electrons. The van der Waals surface area contributed by atoms with Crippen LogP contribution in [0.2, 0.25) is 5.02 Å². The highest BCUT2D eigenvalue weighted by Crippen LogP contribution is 2.24. The topological polar surface area (TPSA) is 49.4 Å². The molecule has 0 aliphatic rings. The molecule has 0 spiro atoms. The summed E-state index contributed by atoms with van der Waals surface area (Å²) in [4.78, 5) is 0.300. The quantitative estimate of drug-likeness (QED) is 0.795. The molecule has 21 heavy (non-hydrogen) atoms. The van der Waals surface area contributed by atoms with Crippen molar-refractivity contribution in [2.24, 2.45) is 0 Å². The molecule has 0 saturated heterocycles. The first-order chi connectivity index (χ1) is 9.88. The van der Waals surface area contributed by atoms with Crippen molar-refractivity contribution in [3.05, 3.63) is 28.8 Å². The monoisotopic (exact) mass is 332 g/mol. The van der Waals surface area contributed by atoms with Crippen LogP contribution in [0, 0.1) is 0 Å². The van der Waals surface area contributed by atoms with Gasteiger partial charge in [-0.1, -0.05) is 32.4 Å². The van der Waals surface area contributed by atoms with Crippen LogP contribution < -0.4 is 5.32 Å². The molecule has 0 aromatic heterocycles. The summed E-state index contributed by atoms with van der Waals surface area (Å²) < 4.78 is 26.8. The van der Waals surface area contributed by atoms with Gasteiger partial charge in [0.1, 0.15) is 0 Å². The van der Waals surface area contributed by atoms with Crippen LogP contribution in [0.25, 0.3) is 0 Å². The van der Waals surface area contributed by atoms with Gasteiger partial charge in [-0.3, -0.25) is 0 Å². The van der Waals surface area contributed by atoms with E-state index in [-0.39, 0.29) is 6.04 Å². The van der Waals surface area contributed by atoms with Gasteiger partial charge in [0.15, 0.2) is 0 Å². The lowest BCUT2D eigenvalue weighted by atomic mass is 10.2. The summed E-state index contributed by atoms with van der Waals surface area (Å²) in [7, 11) is -1.84. The molecule has 120 valence electrons. The molecular formula is C15H25ClN2O2S. The van der Waals surface area contributed by atoms with Gasteiger partial charge in [0.05, 0.1) is 4.90 Å². The van der Waals surface area contributed by atoms with Crippen molar-refractivity contribution in [2.75, 3.05) is 13.6 Å². The number of hydrogen-bond acceptors (Lipinski definition) is 3. The van der Waals surface area contributed by atoms with Gasteiger partial charge in [0.25, 0.3) is 0 Å². The van der Waals surface area contributed by atoms with Crippen molar-refractivity contribution >= 4 is 21.6 Å². The Morgan fingerprint density at radius 1 is 1.24 bits per heavy atom. The Morgan fingerprint density at radius 2 is 1.86 bits per heavy atom. The average molecular weight is 333 g/mol. The van der Waals surface area contributed by atoms with Crippen molar-refractivity contribution < 1.29 is 8.42 Å². The van der Waals surface area contributed by atoms with Crippen LogP contribution >= 0.6 is 11.6 Å². The van der Waals surface area contributed by atoms with Gasteiger partial charge in [0.2, 0.25) is 10.0 Å². The van der Waals surface area contributed by atoms with Gasteiger partial charge in [0, 0.05) is 24.7 Å². The average Bonchev–Trinajstić information content (AvgIpc) is 2.47. The minimum absolute atomic E-state index is 0.0166. The second kappa shape index (κ2) is 8.13. The third-order valence-electron chi connectivity index (χ3n) is 3.72. The summed E-state index contributed by atoms with van der Waals surface area (Å²) in [5, 5.41) is 3.75. The normalized spacial score (nSPS) is 12.3. The highest BCUT2D eigenvalue weighted by molar-refractivity contribution is 7.89. The first-order valence-electron chi connectivity index (χ1n) is 7.35. The Hall–Kier alpha value is -0.620.